The Bertz CT molecular complexity index is 455. The Hall–Kier alpha value is -1.42. The van der Waals surface area contributed by atoms with Gasteiger partial charge in [-0.25, -0.2) is 0 Å². The van der Waals surface area contributed by atoms with E-state index in [1.54, 1.807) is 12.1 Å². The van der Waals surface area contributed by atoms with Crippen LogP contribution in [0.4, 0.5) is 5.69 Å². The van der Waals surface area contributed by atoms with Crippen LogP contribution in [0.5, 0.6) is 0 Å². The Morgan fingerprint density at radius 1 is 1.47 bits per heavy atom. The molecule has 19 heavy (non-hydrogen) atoms. The highest BCUT2D eigenvalue weighted by molar-refractivity contribution is 5.44. The molecule has 0 saturated heterocycles. The molecule has 1 atom stereocenters. The van der Waals surface area contributed by atoms with Crippen LogP contribution in [0.25, 0.3) is 0 Å². The zero-order valence-corrected chi connectivity index (χ0v) is 11.7. The van der Waals surface area contributed by atoms with Gasteiger partial charge in [-0.2, -0.15) is 0 Å². The summed E-state index contributed by atoms with van der Waals surface area (Å²) in [6.07, 6.45) is 4.64. The minimum Gasteiger partial charge on any atom is -0.314 e. The lowest BCUT2D eigenvalue weighted by molar-refractivity contribution is -0.385. The highest BCUT2D eigenvalue weighted by Gasteiger charge is 2.30. The van der Waals surface area contributed by atoms with Crippen molar-refractivity contribution in [3.05, 3.63) is 39.4 Å². The lowest BCUT2D eigenvalue weighted by atomic mass is 9.98. The van der Waals surface area contributed by atoms with E-state index in [0.717, 1.165) is 36.4 Å². The standard InChI is InChI=1S/C15H22N2O2/c1-3-16-14(13-7-8-13)10-9-12-5-4-6-15(11(12)2)17(18)19/h4-6,13-14,16H,3,7-10H2,1-2H3. The second-order valence-electron chi connectivity index (χ2n) is 5.36. The highest BCUT2D eigenvalue weighted by Crippen LogP contribution is 2.35. The molecule has 1 saturated carbocycles. The van der Waals surface area contributed by atoms with Crippen LogP contribution in [-0.2, 0) is 6.42 Å². The van der Waals surface area contributed by atoms with Crippen molar-refractivity contribution in [1.82, 2.24) is 5.32 Å². The Morgan fingerprint density at radius 2 is 2.21 bits per heavy atom. The molecule has 1 aromatic carbocycles. The molecule has 0 aliphatic heterocycles. The summed E-state index contributed by atoms with van der Waals surface area (Å²) in [7, 11) is 0. The van der Waals surface area contributed by atoms with Crippen LogP contribution in [0.15, 0.2) is 18.2 Å². The zero-order chi connectivity index (χ0) is 13.8. The Balaban J connectivity index is 2.02. The summed E-state index contributed by atoms with van der Waals surface area (Å²) in [5.74, 6) is 0.818. The fourth-order valence-electron chi connectivity index (χ4n) is 2.71. The van der Waals surface area contributed by atoms with Gasteiger partial charge in [0.15, 0.2) is 0 Å². The maximum Gasteiger partial charge on any atom is 0.272 e. The largest absolute Gasteiger partial charge is 0.314 e. The van der Waals surface area contributed by atoms with Crippen LogP contribution in [-0.4, -0.2) is 17.5 Å². The first-order valence-corrected chi connectivity index (χ1v) is 7.09. The molecule has 1 aliphatic carbocycles. The summed E-state index contributed by atoms with van der Waals surface area (Å²) in [4.78, 5) is 10.6. The first-order valence-electron chi connectivity index (χ1n) is 7.09. The topological polar surface area (TPSA) is 55.2 Å². The quantitative estimate of drug-likeness (QED) is 0.606. The van der Waals surface area contributed by atoms with Gasteiger partial charge in [0, 0.05) is 17.7 Å². The molecule has 4 nitrogen and oxygen atoms in total. The van der Waals surface area contributed by atoms with E-state index >= 15 is 0 Å². The van der Waals surface area contributed by atoms with Crippen molar-refractivity contribution in [3.8, 4) is 0 Å². The third-order valence-corrected chi connectivity index (χ3v) is 4.00. The van der Waals surface area contributed by atoms with Crippen LogP contribution in [0.3, 0.4) is 0 Å². The molecule has 0 amide bonds. The molecular weight excluding hydrogens is 240 g/mol. The van der Waals surface area contributed by atoms with Gasteiger partial charge in [-0.05, 0) is 50.6 Å². The minimum absolute atomic E-state index is 0.240. The van der Waals surface area contributed by atoms with E-state index in [0.29, 0.717) is 6.04 Å². The van der Waals surface area contributed by atoms with Crippen LogP contribution < -0.4 is 5.32 Å². The van der Waals surface area contributed by atoms with E-state index in [-0.39, 0.29) is 10.6 Å². The molecule has 0 heterocycles. The van der Waals surface area contributed by atoms with E-state index in [1.807, 2.05) is 13.0 Å². The lowest BCUT2D eigenvalue weighted by Crippen LogP contribution is -2.31. The summed E-state index contributed by atoms with van der Waals surface area (Å²) in [5.41, 5.74) is 2.17. The molecule has 1 aromatic rings. The molecule has 0 spiro atoms. The van der Waals surface area contributed by atoms with Gasteiger partial charge in [0.2, 0.25) is 0 Å². The molecule has 4 heteroatoms. The monoisotopic (exact) mass is 262 g/mol. The summed E-state index contributed by atoms with van der Waals surface area (Å²) in [6.45, 7) is 4.98. The molecule has 1 fully saturated rings. The predicted octanol–water partition coefficient (Wildman–Crippen LogP) is 3.22. The number of nitrogens with zero attached hydrogens (tertiary/aromatic N) is 1. The van der Waals surface area contributed by atoms with Crippen molar-refractivity contribution in [2.45, 2.75) is 45.6 Å². The molecule has 1 N–H and O–H groups in total. The van der Waals surface area contributed by atoms with Crippen LogP contribution in [0.1, 0.15) is 37.3 Å². The second kappa shape index (κ2) is 6.15. The Labute approximate surface area is 114 Å². The fourth-order valence-corrected chi connectivity index (χ4v) is 2.71. The summed E-state index contributed by atoms with van der Waals surface area (Å²) >= 11 is 0. The van der Waals surface area contributed by atoms with Crippen molar-refractivity contribution in [2.75, 3.05) is 6.54 Å². The third-order valence-electron chi connectivity index (χ3n) is 4.00. The molecular formula is C15H22N2O2. The number of hydrogen-bond donors (Lipinski definition) is 1. The summed E-state index contributed by atoms with van der Waals surface area (Å²) in [6, 6.07) is 5.96. The molecule has 1 unspecified atom stereocenters. The normalized spacial score (nSPS) is 16.3. The van der Waals surface area contributed by atoms with E-state index in [9.17, 15) is 10.1 Å². The SMILES string of the molecule is CCNC(CCc1cccc([N+](=O)[O-])c1C)C1CC1. The first kappa shape index (κ1) is 14.0. The van der Waals surface area contributed by atoms with Gasteiger partial charge in [-0.1, -0.05) is 19.1 Å². The summed E-state index contributed by atoms with van der Waals surface area (Å²) < 4.78 is 0. The second-order valence-corrected chi connectivity index (χ2v) is 5.36. The average Bonchev–Trinajstić information content (AvgIpc) is 3.19. The highest BCUT2D eigenvalue weighted by atomic mass is 16.6. The average molecular weight is 262 g/mol. The maximum absolute atomic E-state index is 10.9. The predicted molar refractivity (Wildman–Crippen MR) is 76.3 cm³/mol. The molecule has 0 aromatic heterocycles. The van der Waals surface area contributed by atoms with E-state index in [1.165, 1.54) is 12.8 Å². The van der Waals surface area contributed by atoms with Crippen molar-refractivity contribution in [1.29, 1.82) is 0 Å². The van der Waals surface area contributed by atoms with Gasteiger partial charge in [0.1, 0.15) is 0 Å². The number of nitrogens with one attached hydrogen (secondary N) is 1. The zero-order valence-electron chi connectivity index (χ0n) is 11.7. The number of aryl methyl sites for hydroxylation is 1. The van der Waals surface area contributed by atoms with Gasteiger partial charge in [-0.3, -0.25) is 10.1 Å². The Kier molecular flexibility index (Phi) is 4.53. The van der Waals surface area contributed by atoms with E-state index in [4.69, 9.17) is 0 Å². The molecule has 2 rings (SSSR count). The fraction of sp³-hybridized carbons (Fsp3) is 0.600. The number of rotatable bonds is 7. The molecule has 104 valence electrons. The van der Waals surface area contributed by atoms with Gasteiger partial charge in [0.25, 0.3) is 5.69 Å². The van der Waals surface area contributed by atoms with Gasteiger partial charge < -0.3 is 5.32 Å². The minimum atomic E-state index is -0.290. The number of hydrogen-bond acceptors (Lipinski definition) is 3. The van der Waals surface area contributed by atoms with Gasteiger partial charge in [0.05, 0.1) is 4.92 Å². The van der Waals surface area contributed by atoms with Gasteiger partial charge in [-0.15, -0.1) is 0 Å². The lowest BCUT2D eigenvalue weighted by Gasteiger charge is -2.17. The summed E-state index contributed by atoms with van der Waals surface area (Å²) in [5, 5.41) is 14.5. The molecule has 0 bridgehead atoms. The van der Waals surface area contributed by atoms with Crippen LogP contribution >= 0.6 is 0 Å². The third kappa shape index (κ3) is 3.53. The Morgan fingerprint density at radius 3 is 2.79 bits per heavy atom. The smallest absolute Gasteiger partial charge is 0.272 e. The maximum atomic E-state index is 10.9. The van der Waals surface area contributed by atoms with Crippen LogP contribution in [0.2, 0.25) is 0 Å². The molecule has 1 aliphatic rings. The van der Waals surface area contributed by atoms with Crippen molar-refractivity contribution in [3.63, 3.8) is 0 Å². The van der Waals surface area contributed by atoms with E-state index in [2.05, 4.69) is 12.2 Å². The van der Waals surface area contributed by atoms with Crippen LogP contribution in [0, 0.1) is 23.0 Å². The van der Waals surface area contributed by atoms with Crippen molar-refractivity contribution >= 4 is 5.69 Å². The number of benzene rings is 1. The van der Waals surface area contributed by atoms with Crippen molar-refractivity contribution < 1.29 is 4.92 Å². The van der Waals surface area contributed by atoms with Crippen molar-refractivity contribution in [2.24, 2.45) is 5.92 Å². The van der Waals surface area contributed by atoms with E-state index < -0.39 is 0 Å². The number of nitro benzene ring substituents is 1. The number of nitro groups is 1. The first-order chi connectivity index (χ1) is 9.13. The van der Waals surface area contributed by atoms with Gasteiger partial charge >= 0.3 is 0 Å². The molecule has 0 radical (unpaired) electrons.